The average Bonchev–Trinajstić information content (AvgIpc) is 2.64. The Morgan fingerprint density at radius 2 is 1.87 bits per heavy atom. The van der Waals surface area contributed by atoms with Gasteiger partial charge in [0.1, 0.15) is 5.78 Å². The van der Waals surface area contributed by atoms with Crippen molar-refractivity contribution in [3.05, 3.63) is 0 Å². The van der Waals surface area contributed by atoms with Crippen molar-refractivity contribution in [2.24, 2.45) is 11.8 Å². The van der Waals surface area contributed by atoms with E-state index in [0.29, 0.717) is 11.7 Å². The second-order valence-corrected chi connectivity index (χ2v) is 5.25. The van der Waals surface area contributed by atoms with Crippen LogP contribution in [0.5, 0.6) is 0 Å². The summed E-state index contributed by atoms with van der Waals surface area (Å²) in [6.45, 7) is 4.50. The Bertz CT molecular complexity index is 186. The summed E-state index contributed by atoms with van der Waals surface area (Å²) in [6, 6.07) is 0. The minimum absolute atomic E-state index is 0.422. The Kier molecular flexibility index (Phi) is 5.97. The summed E-state index contributed by atoms with van der Waals surface area (Å²) in [5.41, 5.74) is 0. The number of hydrogen-bond donors (Lipinski definition) is 0. The van der Waals surface area contributed by atoms with Gasteiger partial charge in [-0.05, 0) is 31.6 Å². The number of Topliss-reactive ketones (excluding diaryl/α,β-unsaturated/α-hetero) is 1. The third-order valence-corrected chi connectivity index (χ3v) is 3.68. The highest BCUT2D eigenvalue weighted by molar-refractivity contribution is 5.81. The number of ketones is 1. The molecule has 0 aromatic carbocycles. The Morgan fingerprint density at radius 1 is 1.13 bits per heavy atom. The molecule has 0 spiro atoms. The highest BCUT2D eigenvalue weighted by Crippen LogP contribution is 2.31. The monoisotopic (exact) mass is 210 g/mol. The Hall–Kier alpha value is -0.330. The molecule has 0 aromatic rings. The van der Waals surface area contributed by atoms with Gasteiger partial charge in [0.2, 0.25) is 0 Å². The third-order valence-electron chi connectivity index (χ3n) is 3.68. The van der Waals surface area contributed by atoms with Crippen LogP contribution in [0, 0.1) is 11.8 Å². The quantitative estimate of drug-likeness (QED) is 0.571. The van der Waals surface area contributed by atoms with Crippen LogP contribution in [0.2, 0.25) is 0 Å². The standard InChI is InChI=1S/C14H26O/c1-3-4-5-6-7-8-14(15)13-10-9-12(2)11-13/h12-13H,3-11H2,1-2H3. The lowest BCUT2D eigenvalue weighted by Crippen LogP contribution is -2.10. The van der Waals surface area contributed by atoms with E-state index in [-0.39, 0.29) is 0 Å². The second kappa shape index (κ2) is 7.03. The molecular formula is C14H26O. The van der Waals surface area contributed by atoms with Crippen LogP contribution in [0.15, 0.2) is 0 Å². The van der Waals surface area contributed by atoms with Crippen LogP contribution < -0.4 is 0 Å². The molecule has 0 aliphatic heterocycles. The van der Waals surface area contributed by atoms with Gasteiger partial charge in [-0.15, -0.1) is 0 Å². The molecule has 2 unspecified atom stereocenters. The molecule has 1 saturated carbocycles. The van der Waals surface area contributed by atoms with E-state index < -0.39 is 0 Å². The molecule has 0 bridgehead atoms. The number of unbranched alkanes of at least 4 members (excludes halogenated alkanes) is 4. The maximum absolute atomic E-state index is 11.8. The zero-order valence-electron chi connectivity index (χ0n) is 10.4. The molecule has 0 saturated heterocycles. The van der Waals surface area contributed by atoms with Gasteiger partial charge < -0.3 is 0 Å². The summed E-state index contributed by atoms with van der Waals surface area (Å²) < 4.78 is 0. The van der Waals surface area contributed by atoms with Crippen molar-refractivity contribution in [2.75, 3.05) is 0 Å². The summed E-state index contributed by atoms with van der Waals surface area (Å²) in [5.74, 6) is 1.76. The van der Waals surface area contributed by atoms with Crippen LogP contribution in [0.25, 0.3) is 0 Å². The molecule has 1 aliphatic carbocycles. The van der Waals surface area contributed by atoms with Gasteiger partial charge >= 0.3 is 0 Å². The molecule has 88 valence electrons. The van der Waals surface area contributed by atoms with Crippen molar-refractivity contribution in [2.45, 2.75) is 71.6 Å². The fraction of sp³-hybridized carbons (Fsp3) is 0.929. The van der Waals surface area contributed by atoms with E-state index in [1.807, 2.05) is 0 Å². The summed E-state index contributed by atoms with van der Waals surface area (Å²) in [6.07, 6.45) is 10.7. The van der Waals surface area contributed by atoms with E-state index in [4.69, 9.17) is 0 Å². The number of carbonyl (C=O) groups excluding carboxylic acids is 1. The average molecular weight is 210 g/mol. The molecule has 1 aliphatic rings. The van der Waals surface area contributed by atoms with Gasteiger partial charge in [0.15, 0.2) is 0 Å². The van der Waals surface area contributed by atoms with Crippen molar-refractivity contribution in [1.29, 1.82) is 0 Å². The van der Waals surface area contributed by atoms with Crippen molar-refractivity contribution in [3.8, 4) is 0 Å². The molecular weight excluding hydrogens is 184 g/mol. The second-order valence-electron chi connectivity index (χ2n) is 5.25. The Morgan fingerprint density at radius 3 is 2.47 bits per heavy atom. The van der Waals surface area contributed by atoms with Gasteiger partial charge in [-0.2, -0.15) is 0 Å². The highest BCUT2D eigenvalue weighted by atomic mass is 16.1. The maximum Gasteiger partial charge on any atom is 0.135 e. The summed E-state index contributed by atoms with van der Waals surface area (Å²) in [5, 5.41) is 0. The van der Waals surface area contributed by atoms with Crippen LogP contribution in [-0.2, 0) is 4.79 Å². The van der Waals surface area contributed by atoms with Gasteiger partial charge in [0, 0.05) is 12.3 Å². The van der Waals surface area contributed by atoms with E-state index in [2.05, 4.69) is 13.8 Å². The SMILES string of the molecule is CCCCCCCC(=O)C1CCC(C)C1. The van der Waals surface area contributed by atoms with E-state index in [9.17, 15) is 4.79 Å². The predicted octanol–water partition coefficient (Wildman–Crippen LogP) is 4.35. The lowest BCUT2D eigenvalue weighted by Gasteiger charge is -2.07. The predicted molar refractivity (Wildman–Crippen MR) is 64.9 cm³/mol. The van der Waals surface area contributed by atoms with Crippen LogP contribution in [0.1, 0.15) is 71.6 Å². The molecule has 0 radical (unpaired) electrons. The molecule has 0 N–H and O–H groups in total. The summed E-state index contributed by atoms with van der Waals surface area (Å²) in [4.78, 5) is 11.8. The fourth-order valence-corrected chi connectivity index (χ4v) is 2.61. The molecule has 0 heterocycles. The van der Waals surface area contributed by atoms with Crippen molar-refractivity contribution in [1.82, 2.24) is 0 Å². The maximum atomic E-state index is 11.8. The zero-order chi connectivity index (χ0) is 11.1. The molecule has 1 rings (SSSR count). The summed E-state index contributed by atoms with van der Waals surface area (Å²) >= 11 is 0. The number of hydrogen-bond acceptors (Lipinski definition) is 1. The highest BCUT2D eigenvalue weighted by Gasteiger charge is 2.26. The largest absolute Gasteiger partial charge is 0.299 e. The minimum Gasteiger partial charge on any atom is -0.299 e. The van der Waals surface area contributed by atoms with Gasteiger partial charge in [0.25, 0.3) is 0 Å². The van der Waals surface area contributed by atoms with Crippen LogP contribution in [-0.4, -0.2) is 5.78 Å². The van der Waals surface area contributed by atoms with Crippen molar-refractivity contribution < 1.29 is 4.79 Å². The number of carbonyl (C=O) groups is 1. The first-order valence-electron chi connectivity index (χ1n) is 6.76. The fourth-order valence-electron chi connectivity index (χ4n) is 2.61. The van der Waals surface area contributed by atoms with Crippen molar-refractivity contribution >= 4 is 5.78 Å². The molecule has 0 amide bonds. The first kappa shape index (κ1) is 12.7. The molecule has 1 nitrogen and oxygen atoms in total. The normalized spacial score (nSPS) is 25.7. The van der Waals surface area contributed by atoms with Crippen LogP contribution >= 0.6 is 0 Å². The van der Waals surface area contributed by atoms with Gasteiger partial charge in [-0.25, -0.2) is 0 Å². The summed E-state index contributed by atoms with van der Waals surface area (Å²) in [7, 11) is 0. The molecule has 1 heteroatoms. The van der Waals surface area contributed by atoms with Crippen LogP contribution in [0.3, 0.4) is 0 Å². The van der Waals surface area contributed by atoms with E-state index in [1.54, 1.807) is 0 Å². The Balaban J connectivity index is 2.03. The third kappa shape index (κ3) is 4.81. The molecule has 0 aromatic heterocycles. The van der Waals surface area contributed by atoms with E-state index in [0.717, 1.165) is 31.6 Å². The molecule has 15 heavy (non-hydrogen) atoms. The molecule has 2 atom stereocenters. The van der Waals surface area contributed by atoms with Gasteiger partial charge in [-0.3, -0.25) is 4.79 Å². The smallest absolute Gasteiger partial charge is 0.135 e. The lowest BCUT2D eigenvalue weighted by atomic mass is 9.96. The van der Waals surface area contributed by atoms with E-state index >= 15 is 0 Å². The minimum atomic E-state index is 0.422. The van der Waals surface area contributed by atoms with E-state index in [1.165, 1.54) is 32.1 Å². The lowest BCUT2D eigenvalue weighted by molar-refractivity contribution is -0.122. The van der Waals surface area contributed by atoms with Crippen LogP contribution in [0.4, 0.5) is 0 Å². The van der Waals surface area contributed by atoms with Gasteiger partial charge in [0.05, 0.1) is 0 Å². The first-order valence-corrected chi connectivity index (χ1v) is 6.76. The van der Waals surface area contributed by atoms with Crippen molar-refractivity contribution in [3.63, 3.8) is 0 Å². The zero-order valence-corrected chi connectivity index (χ0v) is 10.4. The molecule has 1 fully saturated rings. The number of rotatable bonds is 7. The van der Waals surface area contributed by atoms with Gasteiger partial charge in [-0.1, -0.05) is 39.5 Å². The first-order chi connectivity index (χ1) is 7.24. The topological polar surface area (TPSA) is 17.1 Å². The Labute approximate surface area is 94.6 Å².